The van der Waals surface area contributed by atoms with Gasteiger partial charge in [-0.25, -0.2) is 4.98 Å². The Morgan fingerprint density at radius 1 is 1.00 bits per heavy atom. The molecule has 0 amide bonds. The average molecular weight is 555 g/mol. The van der Waals surface area contributed by atoms with E-state index < -0.39 is 0 Å². The molecule has 4 unspecified atom stereocenters. The van der Waals surface area contributed by atoms with Crippen LogP contribution in [0.25, 0.3) is 10.9 Å². The summed E-state index contributed by atoms with van der Waals surface area (Å²) in [5, 5.41) is 14.0. The molecule has 0 aliphatic carbocycles. The Labute approximate surface area is 240 Å². The first-order valence-electron chi connectivity index (χ1n) is 14.8. The van der Waals surface area contributed by atoms with Gasteiger partial charge in [-0.3, -0.25) is 14.6 Å². The Hall–Kier alpha value is -3.49. The number of morpholine rings is 2. The summed E-state index contributed by atoms with van der Waals surface area (Å²) >= 11 is 0. The Morgan fingerprint density at radius 2 is 1.83 bits per heavy atom. The van der Waals surface area contributed by atoms with E-state index in [0.29, 0.717) is 23.2 Å². The number of hydrogen-bond acceptors (Lipinski definition) is 9. The van der Waals surface area contributed by atoms with Crippen molar-refractivity contribution in [2.45, 2.75) is 44.7 Å². The molecule has 3 aromatic rings. The fraction of sp³-hybridized carbons (Fsp3) is 0.516. The zero-order chi connectivity index (χ0) is 28.1. The first kappa shape index (κ1) is 26.4. The molecule has 4 fully saturated rings. The minimum atomic E-state index is -0.185. The summed E-state index contributed by atoms with van der Waals surface area (Å²) in [6.45, 7) is 13.9. The number of hydrogen-bond donors (Lipinski definition) is 2. The smallest absolute Gasteiger partial charge is 0.248 e. The Balaban J connectivity index is 1.06. The van der Waals surface area contributed by atoms with Crippen molar-refractivity contribution in [2.75, 3.05) is 68.7 Å². The van der Waals surface area contributed by atoms with Crippen LogP contribution in [0.1, 0.15) is 23.7 Å². The quantitative estimate of drug-likeness (QED) is 0.499. The van der Waals surface area contributed by atoms with Crippen LogP contribution in [0.3, 0.4) is 0 Å². The highest BCUT2D eigenvalue weighted by molar-refractivity contribution is 5.95. The second kappa shape index (κ2) is 10.7. The van der Waals surface area contributed by atoms with Gasteiger partial charge in [0.05, 0.1) is 23.3 Å². The van der Waals surface area contributed by atoms with Gasteiger partial charge in [0.25, 0.3) is 0 Å². The second-order valence-electron chi connectivity index (χ2n) is 12.1. The number of H-pyrrole nitrogens is 1. The van der Waals surface area contributed by atoms with Gasteiger partial charge in [-0.15, -0.1) is 0 Å². The van der Waals surface area contributed by atoms with E-state index in [0.717, 1.165) is 88.0 Å². The molecule has 4 atom stereocenters. The van der Waals surface area contributed by atoms with Crippen molar-refractivity contribution in [1.82, 2.24) is 25.1 Å². The zero-order valence-corrected chi connectivity index (χ0v) is 23.8. The van der Waals surface area contributed by atoms with Crippen molar-refractivity contribution in [3.63, 3.8) is 0 Å². The van der Waals surface area contributed by atoms with E-state index in [9.17, 15) is 10.1 Å². The molecule has 2 N–H and O–H groups in total. The number of piperazine rings is 2. The van der Waals surface area contributed by atoms with Gasteiger partial charge >= 0.3 is 0 Å². The molecule has 0 radical (unpaired) electrons. The van der Waals surface area contributed by atoms with Crippen LogP contribution < -0.4 is 20.7 Å². The highest BCUT2D eigenvalue weighted by atomic mass is 16.5. The predicted octanol–water partition coefficient (Wildman–Crippen LogP) is 1.68. The number of aromatic nitrogens is 2. The molecule has 6 heterocycles. The molecular formula is C31H38N8O2. The number of aromatic amines is 1. The van der Waals surface area contributed by atoms with Crippen LogP contribution in [0.2, 0.25) is 0 Å². The van der Waals surface area contributed by atoms with Crippen LogP contribution in [0.4, 0.5) is 11.5 Å². The van der Waals surface area contributed by atoms with Gasteiger partial charge in [0.2, 0.25) is 5.56 Å². The molecule has 214 valence electrons. The van der Waals surface area contributed by atoms with Crippen molar-refractivity contribution in [1.29, 1.82) is 5.26 Å². The number of ether oxygens (including phenoxy) is 1. The fourth-order valence-electron chi connectivity index (χ4n) is 7.28. The molecule has 41 heavy (non-hydrogen) atoms. The largest absolute Gasteiger partial charge is 0.369 e. The third-order valence-electron chi connectivity index (χ3n) is 9.30. The Bertz CT molecular complexity index is 1540. The molecule has 10 nitrogen and oxygen atoms in total. The number of nitrogens with one attached hydrogen (secondary N) is 2. The minimum absolute atomic E-state index is 0.185. The van der Waals surface area contributed by atoms with Crippen molar-refractivity contribution in [3.8, 4) is 6.07 Å². The second-order valence-corrected chi connectivity index (χ2v) is 12.1. The lowest BCUT2D eigenvalue weighted by molar-refractivity contribution is -0.0486. The van der Waals surface area contributed by atoms with Crippen LogP contribution in [0, 0.1) is 18.3 Å². The van der Waals surface area contributed by atoms with Crippen LogP contribution >= 0.6 is 0 Å². The topological polar surface area (TPSA) is 104 Å². The summed E-state index contributed by atoms with van der Waals surface area (Å²) in [6.07, 6.45) is 0.477. The third-order valence-corrected chi connectivity index (χ3v) is 9.30. The van der Waals surface area contributed by atoms with Gasteiger partial charge in [-0.05, 0) is 43.7 Å². The van der Waals surface area contributed by atoms with E-state index in [1.807, 2.05) is 18.2 Å². The molecule has 2 aromatic heterocycles. The summed E-state index contributed by atoms with van der Waals surface area (Å²) in [5.41, 5.74) is 4.42. The zero-order valence-electron chi connectivity index (χ0n) is 23.8. The molecule has 4 aliphatic heterocycles. The minimum Gasteiger partial charge on any atom is -0.369 e. The molecular weight excluding hydrogens is 516 g/mol. The number of rotatable bonds is 4. The standard InChI is InChI=1S/C31H38N8O2/c1-20-14-37(28-6-3-22(11-32)31-27(28)5-8-30(40)35-31)17-24-16-36(9-10-39(20)24)15-23-4-7-29(34-21(23)2)38-18-25-12-33-13-26(19-38)41-25/h3-8,20,24-26,33H,9-10,12-19H2,1-2H3,(H,35,40). The van der Waals surface area contributed by atoms with Gasteiger partial charge in [0.15, 0.2) is 0 Å². The lowest BCUT2D eigenvalue weighted by Crippen LogP contribution is -2.65. The molecule has 1 aromatic carbocycles. The normalized spacial score (nSPS) is 27.0. The van der Waals surface area contributed by atoms with Gasteiger partial charge in [-0.1, -0.05) is 6.07 Å². The van der Waals surface area contributed by atoms with Crippen molar-refractivity contribution < 1.29 is 4.74 Å². The van der Waals surface area contributed by atoms with Crippen LogP contribution in [0.5, 0.6) is 0 Å². The van der Waals surface area contributed by atoms with Crippen LogP contribution in [-0.4, -0.2) is 103 Å². The number of benzene rings is 1. The molecule has 7 rings (SSSR count). The number of nitriles is 1. The number of aryl methyl sites for hydroxylation is 1. The summed E-state index contributed by atoms with van der Waals surface area (Å²) in [6, 6.07) is 14.8. The van der Waals surface area contributed by atoms with Gasteiger partial charge < -0.3 is 24.8 Å². The maximum atomic E-state index is 12.0. The lowest BCUT2D eigenvalue weighted by atomic mass is 10.0. The Morgan fingerprint density at radius 3 is 2.61 bits per heavy atom. The molecule has 4 aliphatic rings. The number of pyridine rings is 2. The van der Waals surface area contributed by atoms with Gasteiger partial charge in [0.1, 0.15) is 11.9 Å². The van der Waals surface area contributed by atoms with E-state index in [1.165, 1.54) is 5.56 Å². The summed E-state index contributed by atoms with van der Waals surface area (Å²) in [7, 11) is 0. The van der Waals surface area contributed by atoms with E-state index in [-0.39, 0.29) is 17.8 Å². The summed E-state index contributed by atoms with van der Waals surface area (Å²) in [4.78, 5) is 30.0. The molecule has 2 bridgehead atoms. The van der Waals surface area contributed by atoms with Crippen LogP contribution in [-0.2, 0) is 11.3 Å². The van der Waals surface area contributed by atoms with E-state index in [2.05, 4.69) is 61.9 Å². The van der Waals surface area contributed by atoms with E-state index in [1.54, 1.807) is 6.07 Å². The SMILES string of the molecule is Cc1nc(N2CC3CNCC(C2)O3)ccc1CN1CCN2C(C)CN(c3ccc(C#N)c4[nH]c(=O)ccc34)CC2C1. The monoisotopic (exact) mass is 554 g/mol. The molecule has 4 saturated heterocycles. The van der Waals surface area contributed by atoms with E-state index in [4.69, 9.17) is 9.72 Å². The highest BCUT2D eigenvalue weighted by Gasteiger charge is 2.37. The molecule has 10 heteroatoms. The third kappa shape index (κ3) is 5.08. The van der Waals surface area contributed by atoms with Crippen molar-refractivity contribution in [2.24, 2.45) is 0 Å². The lowest BCUT2D eigenvalue weighted by Gasteiger charge is -2.51. The summed E-state index contributed by atoms with van der Waals surface area (Å²) in [5.74, 6) is 1.06. The Kier molecular flexibility index (Phi) is 6.91. The van der Waals surface area contributed by atoms with Gasteiger partial charge in [0, 0.05) is 100 Å². The maximum Gasteiger partial charge on any atom is 0.248 e. The average Bonchev–Trinajstić information content (AvgIpc) is 2.97. The van der Waals surface area contributed by atoms with Crippen molar-refractivity contribution >= 4 is 22.4 Å². The molecule has 0 saturated carbocycles. The van der Waals surface area contributed by atoms with Crippen LogP contribution in [0.15, 0.2) is 41.2 Å². The number of nitrogens with zero attached hydrogens (tertiary/aromatic N) is 6. The van der Waals surface area contributed by atoms with E-state index >= 15 is 0 Å². The highest BCUT2D eigenvalue weighted by Crippen LogP contribution is 2.32. The maximum absolute atomic E-state index is 12.0. The van der Waals surface area contributed by atoms with Gasteiger partial charge in [-0.2, -0.15) is 5.26 Å². The number of anilines is 2. The predicted molar refractivity (Wildman–Crippen MR) is 159 cm³/mol. The first-order chi connectivity index (χ1) is 19.9. The first-order valence-corrected chi connectivity index (χ1v) is 14.8. The molecule has 0 spiro atoms. The van der Waals surface area contributed by atoms with Crippen molar-refractivity contribution in [3.05, 3.63) is 63.6 Å². The fourth-order valence-corrected chi connectivity index (χ4v) is 7.28. The number of fused-ring (bicyclic) bond motifs is 4. The summed E-state index contributed by atoms with van der Waals surface area (Å²) < 4.78 is 6.08.